The summed E-state index contributed by atoms with van der Waals surface area (Å²) in [5, 5.41) is 19.8. The van der Waals surface area contributed by atoms with Gasteiger partial charge in [-0.3, -0.25) is 0 Å². The van der Waals surface area contributed by atoms with Crippen molar-refractivity contribution in [3.8, 4) is 0 Å². The Bertz CT molecular complexity index is 546. The molecule has 0 bridgehead atoms. The molecule has 0 aliphatic heterocycles. The highest BCUT2D eigenvalue weighted by Gasteiger charge is 2.17. The molecule has 0 saturated heterocycles. The van der Waals surface area contributed by atoms with Crippen LogP contribution in [0.25, 0.3) is 0 Å². The van der Waals surface area contributed by atoms with E-state index >= 15 is 0 Å². The van der Waals surface area contributed by atoms with Gasteiger partial charge in [0.05, 0.1) is 18.3 Å². The summed E-state index contributed by atoms with van der Waals surface area (Å²) in [6.45, 7) is 6.24. The standard InChI is InChI=1S/C11H17N7OS/c1-4-8(10-13-6(2)7(3)20-10)14-11(19)12-5-9-15-17-18-16-9/h8H,4-5H2,1-3H3,(H2,12,14,19)(H,15,16,17,18)/t8-/m0/s1. The number of hydrogen-bond donors (Lipinski definition) is 3. The average molecular weight is 295 g/mol. The van der Waals surface area contributed by atoms with Crippen LogP contribution < -0.4 is 10.6 Å². The second kappa shape index (κ2) is 6.42. The van der Waals surface area contributed by atoms with Crippen LogP contribution in [0.4, 0.5) is 4.79 Å². The molecule has 9 heteroatoms. The van der Waals surface area contributed by atoms with Crippen molar-refractivity contribution in [1.29, 1.82) is 0 Å². The highest BCUT2D eigenvalue weighted by atomic mass is 32.1. The number of carbonyl (C=O) groups is 1. The number of aromatic nitrogens is 5. The van der Waals surface area contributed by atoms with Gasteiger partial charge in [0, 0.05) is 4.88 Å². The number of nitrogens with zero attached hydrogens (tertiary/aromatic N) is 4. The first-order chi connectivity index (χ1) is 9.60. The molecule has 2 amide bonds. The number of carbonyl (C=O) groups excluding carboxylic acids is 1. The summed E-state index contributed by atoms with van der Waals surface area (Å²) in [6, 6.07) is -0.357. The molecule has 2 heterocycles. The number of tetrazole rings is 1. The predicted molar refractivity (Wildman–Crippen MR) is 74.2 cm³/mol. The molecule has 8 nitrogen and oxygen atoms in total. The number of aryl methyl sites for hydroxylation is 2. The van der Waals surface area contributed by atoms with Crippen molar-refractivity contribution < 1.29 is 4.79 Å². The van der Waals surface area contributed by atoms with E-state index in [1.165, 1.54) is 4.88 Å². The Labute approximate surface area is 120 Å². The van der Waals surface area contributed by atoms with E-state index in [0.717, 1.165) is 17.1 Å². The van der Waals surface area contributed by atoms with Crippen molar-refractivity contribution in [2.45, 2.75) is 39.8 Å². The maximum Gasteiger partial charge on any atom is 0.315 e. The Kier molecular flexibility index (Phi) is 4.61. The van der Waals surface area contributed by atoms with Gasteiger partial charge in [0.15, 0.2) is 5.82 Å². The maximum atomic E-state index is 11.8. The Morgan fingerprint density at radius 1 is 1.45 bits per heavy atom. The summed E-state index contributed by atoms with van der Waals surface area (Å²) in [6.07, 6.45) is 0.780. The zero-order valence-corrected chi connectivity index (χ0v) is 12.4. The molecular weight excluding hydrogens is 278 g/mol. The summed E-state index contributed by atoms with van der Waals surface area (Å²) in [4.78, 5) is 17.5. The third kappa shape index (κ3) is 3.50. The second-order valence-corrected chi connectivity index (χ2v) is 5.54. The summed E-state index contributed by atoms with van der Waals surface area (Å²) in [5.74, 6) is 0.439. The minimum atomic E-state index is -0.271. The van der Waals surface area contributed by atoms with Crippen molar-refractivity contribution in [3.05, 3.63) is 21.4 Å². The lowest BCUT2D eigenvalue weighted by Crippen LogP contribution is -2.37. The highest BCUT2D eigenvalue weighted by molar-refractivity contribution is 7.11. The number of H-pyrrole nitrogens is 1. The minimum absolute atomic E-state index is 0.0855. The van der Waals surface area contributed by atoms with Gasteiger partial charge in [-0.05, 0) is 20.3 Å². The molecule has 3 N–H and O–H groups in total. The molecule has 0 saturated carbocycles. The van der Waals surface area contributed by atoms with Gasteiger partial charge in [-0.25, -0.2) is 9.78 Å². The van der Waals surface area contributed by atoms with E-state index in [1.54, 1.807) is 11.3 Å². The molecule has 20 heavy (non-hydrogen) atoms. The van der Waals surface area contributed by atoms with Gasteiger partial charge in [-0.1, -0.05) is 12.1 Å². The number of thiazole rings is 1. The van der Waals surface area contributed by atoms with Crippen molar-refractivity contribution >= 4 is 17.4 Å². The van der Waals surface area contributed by atoms with Gasteiger partial charge in [0.2, 0.25) is 0 Å². The molecule has 0 aromatic carbocycles. The molecule has 0 radical (unpaired) electrons. The van der Waals surface area contributed by atoms with E-state index in [0.29, 0.717) is 5.82 Å². The second-order valence-electron chi connectivity index (χ2n) is 4.31. The minimum Gasteiger partial charge on any atom is -0.331 e. The number of nitrogens with one attached hydrogen (secondary N) is 3. The fraction of sp³-hybridized carbons (Fsp3) is 0.545. The predicted octanol–water partition coefficient (Wildman–Crippen LogP) is 1.22. The largest absolute Gasteiger partial charge is 0.331 e. The summed E-state index contributed by atoms with van der Waals surface area (Å²) < 4.78 is 0. The van der Waals surface area contributed by atoms with Gasteiger partial charge in [-0.2, -0.15) is 5.21 Å². The van der Waals surface area contributed by atoms with Crippen LogP contribution in [0.5, 0.6) is 0 Å². The monoisotopic (exact) mass is 295 g/mol. The molecule has 0 unspecified atom stereocenters. The van der Waals surface area contributed by atoms with Gasteiger partial charge in [0.1, 0.15) is 5.01 Å². The highest BCUT2D eigenvalue weighted by Crippen LogP contribution is 2.24. The Hall–Kier alpha value is -2.03. The Morgan fingerprint density at radius 2 is 2.25 bits per heavy atom. The van der Waals surface area contributed by atoms with Crippen LogP contribution >= 0.6 is 11.3 Å². The van der Waals surface area contributed by atoms with Crippen LogP contribution in [-0.4, -0.2) is 31.6 Å². The first-order valence-corrected chi connectivity index (χ1v) is 7.12. The van der Waals surface area contributed by atoms with Crippen molar-refractivity contribution in [1.82, 2.24) is 36.2 Å². The molecule has 0 aliphatic rings. The fourth-order valence-electron chi connectivity index (χ4n) is 1.61. The first-order valence-electron chi connectivity index (χ1n) is 6.30. The summed E-state index contributed by atoms with van der Waals surface area (Å²) >= 11 is 1.61. The normalized spacial score (nSPS) is 12.2. The molecule has 2 rings (SSSR count). The van der Waals surface area contributed by atoms with Crippen LogP contribution in [0.15, 0.2) is 0 Å². The SMILES string of the molecule is CC[C@H](NC(=O)NCc1nn[nH]n1)c1nc(C)c(C)s1. The quantitative estimate of drug-likeness (QED) is 0.768. The molecule has 108 valence electrons. The number of rotatable bonds is 5. The summed E-state index contributed by atoms with van der Waals surface area (Å²) in [7, 11) is 0. The van der Waals surface area contributed by atoms with Crippen LogP contribution in [0.3, 0.4) is 0 Å². The van der Waals surface area contributed by atoms with Crippen molar-refractivity contribution in [3.63, 3.8) is 0 Å². The zero-order chi connectivity index (χ0) is 14.5. The van der Waals surface area contributed by atoms with E-state index in [9.17, 15) is 4.79 Å². The van der Waals surface area contributed by atoms with Gasteiger partial charge >= 0.3 is 6.03 Å². The van der Waals surface area contributed by atoms with Gasteiger partial charge < -0.3 is 10.6 Å². The van der Waals surface area contributed by atoms with Gasteiger partial charge in [0.25, 0.3) is 0 Å². The van der Waals surface area contributed by atoms with E-state index in [4.69, 9.17) is 0 Å². The molecule has 2 aromatic heterocycles. The topological polar surface area (TPSA) is 108 Å². The Balaban J connectivity index is 1.90. The molecule has 0 fully saturated rings. The number of urea groups is 1. The number of amides is 2. The van der Waals surface area contributed by atoms with E-state index in [1.807, 2.05) is 20.8 Å². The van der Waals surface area contributed by atoms with Gasteiger partial charge in [-0.15, -0.1) is 21.5 Å². The van der Waals surface area contributed by atoms with Crippen molar-refractivity contribution in [2.75, 3.05) is 0 Å². The van der Waals surface area contributed by atoms with E-state index in [-0.39, 0.29) is 18.6 Å². The molecular formula is C11H17N7OS. The fourth-order valence-corrected chi connectivity index (χ4v) is 2.67. The molecule has 0 spiro atoms. The zero-order valence-electron chi connectivity index (χ0n) is 11.6. The number of hydrogen-bond acceptors (Lipinski definition) is 6. The van der Waals surface area contributed by atoms with Crippen molar-refractivity contribution in [2.24, 2.45) is 0 Å². The lowest BCUT2D eigenvalue weighted by molar-refractivity contribution is 0.236. The Morgan fingerprint density at radius 3 is 2.80 bits per heavy atom. The molecule has 2 aromatic rings. The van der Waals surface area contributed by atoms with E-state index < -0.39 is 0 Å². The smallest absolute Gasteiger partial charge is 0.315 e. The summed E-state index contributed by atoms with van der Waals surface area (Å²) in [5.41, 5.74) is 1.01. The van der Waals surface area contributed by atoms with E-state index in [2.05, 4.69) is 36.2 Å². The lowest BCUT2D eigenvalue weighted by Gasteiger charge is -2.14. The third-order valence-electron chi connectivity index (χ3n) is 2.85. The van der Waals surface area contributed by atoms with Crippen LogP contribution in [-0.2, 0) is 6.54 Å². The number of aromatic amines is 1. The molecule has 1 atom stereocenters. The first kappa shape index (κ1) is 14.4. The lowest BCUT2D eigenvalue weighted by atomic mass is 10.2. The van der Waals surface area contributed by atoms with Crippen LogP contribution in [0.1, 0.15) is 40.8 Å². The van der Waals surface area contributed by atoms with Crippen LogP contribution in [0.2, 0.25) is 0 Å². The third-order valence-corrected chi connectivity index (χ3v) is 4.04. The maximum absolute atomic E-state index is 11.8. The van der Waals surface area contributed by atoms with Crippen LogP contribution in [0, 0.1) is 13.8 Å². The molecule has 0 aliphatic carbocycles. The average Bonchev–Trinajstić information content (AvgIpc) is 3.04.